The van der Waals surface area contributed by atoms with Crippen molar-refractivity contribution in [3.63, 3.8) is 0 Å². The van der Waals surface area contributed by atoms with Crippen molar-refractivity contribution in [2.45, 2.75) is 6.92 Å². The molecule has 1 aromatic carbocycles. The average molecular weight is 335 g/mol. The molecule has 0 unspecified atom stereocenters. The number of benzene rings is 1. The number of nitrogens with zero attached hydrogens (tertiary/aromatic N) is 3. The van der Waals surface area contributed by atoms with Crippen molar-refractivity contribution in [1.82, 2.24) is 15.3 Å². The Labute approximate surface area is 138 Å². The number of halogens is 2. The highest BCUT2D eigenvalue weighted by Crippen LogP contribution is 2.12. The largest absolute Gasteiger partial charge is 0.363 e. The zero-order valence-corrected chi connectivity index (χ0v) is 13.7. The minimum absolute atomic E-state index is 0.168. The molecule has 0 saturated carbocycles. The molecule has 2 N–H and O–H groups in total. The van der Waals surface area contributed by atoms with Gasteiger partial charge in [0.25, 0.3) is 5.91 Å². The van der Waals surface area contributed by atoms with Gasteiger partial charge in [-0.3, -0.25) is 4.79 Å². The Morgan fingerprint density at radius 1 is 1.17 bits per heavy atom. The van der Waals surface area contributed by atoms with Gasteiger partial charge < -0.3 is 15.5 Å². The summed E-state index contributed by atoms with van der Waals surface area (Å²) in [5, 5.41) is 5.42. The van der Waals surface area contributed by atoms with E-state index in [0.29, 0.717) is 12.5 Å². The molecule has 0 bridgehead atoms. The standard InChI is InChI=1S/C16H19F2N5O/c1-10-9-13(23(2)3)22-16(21-10)20-8-7-19-15(24)14-11(17)5-4-6-12(14)18/h4-6,9H,7-8H2,1-3H3,(H,19,24)(H,20,21,22). The van der Waals surface area contributed by atoms with Crippen LogP contribution in [0.25, 0.3) is 0 Å². The molecule has 24 heavy (non-hydrogen) atoms. The second-order valence-electron chi connectivity index (χ2n) is 5.36. The third kappa shape index (κ3) is 4.37. The van der Waals surface area contributed by atoms with E-state index in [1.54, 1.807) is 0 Å². The molecule has 0 aliphatic carbocycles. The van der Waals surface area contributed by atoms with Crippen molar-refractivity contribution in [3.8, 4) is 0 Å². The molecule has 1 aromatic heterocycles. The minimum Gasteiger partial charge on any atom is -0.363 e. The number of hydrogen-bond donors (Lipinski definition) is 2. The van der Waals surface area contributed by atoms with E-state index in [-0.39, 0.29) is 6.54 Å². The maximum atomic E-state index is 13.5. The summed E-state index contributed by atoms with van der Waals surface area (Å²) in [4.78, 5) is 22.2. The fourth-order valence-electron chi connectivity index (χ4n) is 2.01. The number of aromatic nitrogens is 2. The third-order valence-electron chi connectivity index (χ3n) is 3.18. The second-order valence-corrected chi connectivity index (χ2v) is 5.36. The molecule has 8 heteroatoms. The van der Waals surface area contributed by atoms with Crippen LogP contribution < -0.4 is 15.5 Å². The van der Waals surface area contributed by atoms with Crippen LogP contribution in [-0.2, 0) is 0 Å². The smallest absolute Gasteiger partial charge is 0.257 e. The lowest BCUT2D eigenvalue weighted by Gasteiger charge is -2.14. The molecule has 0 saturated heterocycles. The summed E-state index contributed by atoms with van der Waals surface area (Å²) in [5.41, 5.74) is 0.216. The lowest BCUT2D eigenvalue weighted by molar-refractivity contribution is 0.0946. The van der Waals surface area contributed by atoms with Crippen LogP contribution in [0.15, 0.2) is 24.3 Å². The number of rotatable bonds is 6. The topological polar surface area (TPSA) is 70.2 Å². The highest BCUT2D eigenvalue weighted by atomic mass is 19.1. The number of aryl methyl sites for hydroxylation is 1. The van der Waals surface area contributed by atoms with Gasteiger partial charge in [0, 0.05) is 38.9 Å². The Morgan fingerprint density at radius 2 is 1.83 bits per heavy atom. The van der Waals surface area contributed by atoms with E-state index in [2.05, 4.69) is 20.6 Å². The molecule has 0 aliphatic rings. The van der Waals surface area contributed by atoms with E-state index in [1.807, 2.05) is 32.0 Å². The first-order valence-corrected chi connectivity index (χ1v) is 7.37. The summed E-state index contributed by atoms with van der Waals surface area (Å²) in [7, 11) is 3.74. The van der Waals surface area contributed by atoms with Gasteiger partial charge >= 0.3 is 0 Å². The van der Waals surface area contributed by atoms with Crippen molar-refractivity contribution < 1.29 is 13.6 Å². The van der Waals surface area contributed by atoms with E-state index in [1.165, 1.54) is 6.07 Å². The molecule has 1 amide bonds. The molecule has 0 aliphatic heterocycles. The summed E-state index contributed by atoms with van der Waals surface area (Å²) < 4.78 is 27.0. The maximum absolute atomic E-state index is 13.5. The normalized spacial score (nSPS) is 10.4. The number of nitrogens with one attached hydrogen (secondary N) is 2. The van der Waals surface area contributed by atoms with Gasteiger partial charge in [-0.05, 0) is 19.1 Å². The highest BCUT2D eigenvalue weighted by molar-refractivity contribution is 5.94. The number of anilines is 2. The molecule has 128 valence electrons. The van der Waals surface area contributed by atoms with Crippen molar-refractivity contribution in [2.24, 2.45) is 0 Å². The summed E-state index contributed by atoms with van der Waals surface area (Å²) in [6, 6.07) is 5.13. The van der Waals surface area contributed by atoms with Gasteiger partial charge in [-0.1, -0.05) is 6.07 Å². The van der Waals surface area contributed by atoms with Gasteiger partial charge in [0.05, 0.1) is 0 Å². The second kappa shape index (κ2) is 7.67. The number of hydrogen-bond acceptors (Lipinski definition) is 5. The zero-order chi connectivity index (χ0) is 17.7. The molecule has 0 fully saturated rings. The Morgan fingerprint density at radius 3 is 2.46 bits per heavy atom. The van der Waals surface area contributed by atoms with Crippen molar-refractivity contribution >= 4 is 17.7 Å². The molecule has 2 rings (SSSR count). The molecule has 6 nitrogen and oxygen atoms in total. The fraction of sp³-hybridized carbons (Fsp3) is 0.312. The first-order valence-electron chi connectivity index (χ1n) is 7.37. The van der Waals surface area contributed by atoms with Gasteiger partial charge in [-0.15, -0.1) is 0 Å². The van der Waals surface area contributed by atoms with Crippen molar-refractivity contribution in [1.29, 1.82) is 0 Å². The lowest BCUT2D eigenvalue weighted by Crippen LogP contribution is -2.30. The Balaban J connectivity index is 1.90. The van der Waals surface area contributed by atoms with Gasteiger partial charge in [0.1, 0.15) is 23.0 Å². The third-order valence-corrected chi connectivity index (χ3v) is 3.18. The van der Waals surface area contributed by atoms with Gasteiger partial charge in [0.2, 0.25) is 5.95 Å². The predicted octanol–water partition coefficient (Wildman–Crippen LogP) is 1.97. The minimum atomic E-state index is -0.891. The summed E-state index contributed by atoms with van der Waals surface area (Å²) in [6.07, 6.45) is 0. The van der Waals surface area contributed by atoms with Gasteiger partial charge in [0.15, 0.2) is 0 Å². The SMILES string of the molecule is Cc1cc(N(C)C)nc(NCCNC(=O)c2c(F)cccc2F)n1. The maximum Gasteiger partial charge on any atom is 0.257 e. The monoisotopic (exact) mass is 335 g/mol. The molecule has 2 aromatic rings. The van der Waals surface area contributed by atoms with Crippen molar-refractivity contribution in [3.05, 3.63) is 47.2 Å². The first kappa shape index (κ1) is 17.6. The predicted molar refractivity (Wildman–Crippen MR) is 88.3 cm³/mol. The summed E-state index contributed by atoms with van der Waals surface area (Å²) >= 11 is 0. The first-order chi connectivity index (χ1) is 11.4. The van der Waals surface area contributed by atoms with Gasteiger partial charge in [-0.25, -0.2) is 13.8 Å². The number of carbonyl (C=O) groups is 1. The van der Waals surface area contributed by atoms with Crippen LogP contribution >= 0.6 is 0 Å². The Bertz CT molecular complexity index is 716. The molecule has 0 spiro atoms. The Hall–Kier alpha value is -2.77. The molecular weight excluding hydrogens is 316 g/mol. The lowest BCUT2D eigenvalue weighted by atomic mass is 10.2. The molecular formula is C16H19F2N5O. The fourth-order valence-corrected chi connectivity index (χ4v) is 2.01. The van der Waals surface area contributed by atoms with Crippen LogP contribution in [0.3, 0.4) is 0 Å². The number of amides is 1. The molecule has 1 heterocycles. The van der Waals surface area contributed by atoms with E-state index >= 15 is 0 Å². The van der Waals surface area contributed by atoms with Crippen molar-refractivity contribution in [2.75, 3.05) is 37.4 Å². The van der Waals surface area contributed by atoms with Crippen LogP contribution in [0, 0.1) is 18.6 Å². The Kier molecular flexibility index (Phi) is 5.62. The van der Waals surface area contributed by atoms with Crippen LogP contribution in [-0.4, -0.2) is 43.1 Å². The summed E-state index contributed by atoms with van der Waals surface area (Å²) in [6.45, 7) is 2.34. The van der Waals surface area contributed by atoms with Crippen LogP contribution in [0.1, 0.15) is 16.1 Å². The molecule has 0 radical (unpaired) electrons. The van der Waals surface area contributed by atoms with Crippen LogP contribution in [0.2, 0.25) is 0 Å². The van der Waals surface area contributed by atoms with E-state index < -0.39 is 23.1 Å². The average Bonchev–Trinajstić information content (AvgIpc) is 2.51. The highest BCUT2D eigenvalue weighted by Gasteiger charge is 2.16. The van der Waals surface area contributed by atoms with Crippen LogP contribution in [0.4, 0.5) is 20.5 Å². The zero-order valence-electron chi connectivity index (χ0n) is 13.7. The van der Waals surface area contributed by atoms with Gasteiger partial charge in [-0.2, -0.15) is 4.98 Å². The van der Waals surface area contributed by atoms with E-state index in [9.17, 15) is 13.6 Å². The summed E-state index contributed by atoms with van der Waals surface area (Å²) in [5.74, 6) is -1.41. The van der Waals surface area contributed by atoms with E-state index in [0.717, 1.165) is 23.6 Å². The van der Waals surface area contributed by atoms with Crippen LogP contribution in [0.5, 0.6) is 0 Å². The number of carbonyl (C=O) groups excluding carboxylic acids is 1. The quantitative estimate of drug-likeness (QED) is 0.790. The molecule has 0 atom stereocenters. The van der Waals surface area contributed by atoms with E-state index in [4.69, 9.17) is 0 Å².